The predicted molar refractivity (Wildman–Crippen MR) is 44.0 cm³/mol. The summed E-state index contributed by atoms with van der Waals surface area (Å²) in [5, 5.41) is 0. The molecule has 2 aliphatic rings. The molecule has 0 amide bonds. The lowest BCUT2D eigenvalue weighted by atomic mass is 10.2. The second kappa shape index (κ2) is 2.33. The van der Waals surface area contributed by atoms with E-state index in [1.165, 1.54) is 0 Å². The Bertz CT molecular complexity index is 237. The fraction of sp³-hybridized carbons (Fsp3) is 0.500. The van der Waals surface area contributed by atoms with Crippen LogP contribution in [0.4, 0.5) is 0 Å². The number of carbonyl (C=O) groups excluding carboxylic acids is 1. The van der Waals surface area contributed by atoms with Crippen LogP contribution in [0.25, 0.3) is 0 Å². The van der Waals surface area contributed by atoms with Crippen LogP contribution in [0.5, 0.6) is 0 Å². The Morgan fingerprint density at radius 3 is 3.00 bits per heavy atom. The molecule has 3 atom stereocenters. The van der Waals surface area contributed by atoms with Crippen molar-refractivity contribution in [2.45, 2.75) is 13.3 Å². The Balaban J connectivity index is 2.10. The van der Waals surface area contributed by atoms with Gasteiger partial charge in [-0.25, -0.2) is 0 Å². The molecule has 58 valence electrons. The molecule has 0 aliphatic heterocycles. The van der Waals surface area contributed by atoms with Crippen LogP contribution < -0.4 is 0 Å². The minimum absolute atomic E-state index is 0.344. The monoisotopic (exact) mass is 148 g/mol. The topological polar surface area (TPSA) is 17.1 Å². The molecule has 1 fully saturated rings. The molecule has 0 radical (unpaired) electrons. The van der Waals surface area contributed by atoms with Crippen LogP contribution in [0.2, 0.25) is 0 Å². The first-order chi connectivity index (χ1) is 5.30. The molecule has 1 heteroatoms. The molecule has 0 aromatic rings. The molecular formula is C10H12O. The molecule has 0 bridgehead atoms. The summed E-state index contributed by atoms with van der Waals surface area (Å²) in [6.45, 7) is 1.71. The highest BCUT2D eigenvalue weighted by Gasteiger charge is 2.50. The zero-order chi connectivity index (χ0) is 7.84. The number of Topliss-reactive ketones (excluding diaryl/α,β-unsaturated/α-hetero) is 1. The van der Waals surface area contributed by atoms with Crippen molar-refractivity contribution in [1.82, 2.24) is 0 Å². The Hall–Kier alpha value is -0.850. The Morgan fingerprint density at radius 1 is 1.45 bits per heavy atom. The predicted octanol–water partition coefficient (Wildman–Crippen LogP) is 1.95. The normalized spacial score (nSPS) is 39.5. The molecule has 2 rings (SSSR count). The lowest BCUT2D eigenvalue weighted by Crippen LogP contribution is -1.95. The number of fused-ring (bicyclic) bond motifs is 1. The van der Waals surface area contributed by atoms with Gasteiger partial charge in [-0.15, -0.1) is 0 Å². The zero-order valence-corrected chi connectivity index (χ0v) is 6.66. The summed E-state index contributed by atoms with van der Waals surface area (Å²) in [4.78, 5) is 11.0. The average molecular weight is 148 g/mol. The minimum atomic E-state index is 0.344. The van der Waals surface area contributed by atoms with Gasteiger partial charge in [-0.2, -0.15) is 0 Å². The van der Waals surface area contributed by atoms with Gasteiger partial charge >= 0.3 is 0 Å². The first kappa shape index (κ1) is 6.84. The van der Waals surface area contributed by atoms with Gasteiger partial charge in [0.1, 0.15) is 5.78 Å². The van der Waals surface area contributed by atoms with Gasteiger partial charge in [0, 0.05) is 5.92 Å². The van der Waals surface area contributed by atoms with Gasteiger partial charge < -0.3 is 0 Å². The number of hydrogen-bond donors (Lipinski definition) is 0. The van der Waals surface area contributed by atoms with Crippen LogP contribution in [0.15, 0.2) is 24.3 Å². The van der Waals surface area contributed by atoms with Gasteiger partial charge in [-0.1, -0.05) is 24.3 Å². The minimum Gasteiger partial charge on any atom is -0.300 e. The molecule has 0 N–H and O–H groups in total. The highest BCUT2D eigenvalue weighted by molar-refractivity contribution is 5.82. The van der Waals surface area contributed by atoms with Crippen molar-refractivity contribution in [1.29, 1.82) is 0 Å². The Kier molecular flexibility index (Phi) is 1.45. The molecule has 0 spiro atoms. The summed E-state index contributed by atoms with van der Waals surface area (Å²) in [7, 11) is 0. The highest BCUT2D eigenvalue weighted by Crippen LogP contribution is 2.51. The van der Waals surface area contributed by atoms with Crippen molar-refractivity contribution < 1.29 is 4.79 Å². The van der Waals surface area contributed by atoms with Crippen LogP contribution >= 0.6 is 0 Å². The summed E-state index contributed by atoms with van der Waals surface area (Å²) in [5.74, 6) is 1.89. The van der Waals surface area contributed by atoms with E-state index in [1.54, 1.807) is 6.92 Å². The van der Waals surface area contributed by atoms with Crippen LogP contribution in [0.3, 0.4) is 0 Å². The van der Waals surface area contributed by atoms with Crippen molar-refractivity contribution in [2.75, 3.05) is 0 Å². The second-order valence-electron chi connectivity index (χ2n) is 3.43. The smallest absolute Gasteiger partial charge is 0.133 e. The zero-order valence-electron chi connectivity index (χ0n) is 6.66. The molecule has 1 saturated carbocycles. The molecule has 0 unspecified atom stereocenters. The van der Waals surface area contributed by atoms with E-state index < -0.39 is 0 Å². The van der Waals surface area contributed by atoms with E-state index >= 15 is 0 Å². The van der Waals surface area contributed by atoms with Gasteiger partial charge in [0.25, 0.3) is 0 Å². The van der Waals surface area contributed by atoms with Crippen molar-refractivity contribution >= 4 is 5.78 Å². The number of allylic oxidation sites excluding steroid dienone is 4. The van der Waals surface area contributed by atoms with E-state index in [0.717, 1.165) is 6.42 Å². The van der Waals surface area contributed by atoms with Crippen molar-refractivity contribution in [3.05, 3.63) is 24.3 Å². The molecule has 0 aromatic heterocycles. The first-order valence-corrected chi connectivity index (χ1v) is 4.14. The van der Waals surface area contributed by atoms with Crippen LogP contribution in [0, 0.1) is 17.8 Å². The summed E-state index contributed by atoms with van der Waals surface area (Å²) in [5.41, 5.74) is 0. The lowest BCUT2D eigenvalue weighted by Gasteiger charge is -1.88. The van der Waals surface area contributed by atoms with Crippen molar-refractivity contribution in [2.24, 2.45) is 17.8 Å². The van der Waals surface area contributed by atoms with E-state index in [-0.39, 0.29) is 0 Å². The summed E-state index contributed by atoms with van der Waals surface area (Å²) in [6.07, 6.45) is 9.54. The highest BCUT2D eigenvalue weighted by atomic mass is 16.1. The molecule has 0 saturated heterocycles. The third-order valence-electron chi connectivity index (χ3n) is 2.69. The number of ketones is 1. The van der Waals surface area contributed by atoms with Gasteiger partial charge in [-0.05, 0) is 25.2 Å². The molecule has 1 nitrogen and oxygen atoms in total. The molecule has 0 aromatic carbocycles. The largest absolute Gasteiger partial charge is 0.300 e. The Morgan fingerprint density at radius 2 is 2.27 bits per heavy atom. The van der Waals surface area contributed by atoms with Crippen LogP contribution in [0.1, 0.15) is 13.3 Å². The van der Waals surface area contributed by atoms with Crippen LogP contribution in [-0.4, -0.2) is 5.78 Å². The van der Waals surface area contributed by atoms with E-state index in [4.69, 9.17) is 0 Å². The molecule has 11 heavy (non-hydrogen) atoms. The molecule has 0 heterocycles. The quantitative estimate of drug-likeness (QED) is 0.555. The van der Waals surface area contributed by atoms with Crippen molar-refractivity contribution in [3.8, 4) is 0 Å². The van der Waals surface area contributed by atoms with Gasteiger partial charge in [-0.3, -0.25) is 4.79 Å². The first-order valence-electron chi connectivity index (χ1n) is 4.14. The van der Waals surface area contributed by atoms with E-state index in [1.807, 2.05) is 0 Å². The van der Waals surface area contributed by atoms with Crippen LogP contribution in [-0.2, 0) is 4.79 Å². The standard InChI is InChI=1S/C10H12O/c1-7(11)10-8-5-3-2-4-6-9(8)10/h2-5,8-10H,6H2,1H3/t8-,9+,10+/m1/s1. The fourth-order valence-electron chi connectivity index (χ4n) is 2.05. The third kappa shape index (κ3) is 1.05. The van der Waals surface area contributed by atoms with E-state index in [2.05, 4.69) is 24.3 Å². The van der Waals surface area contributed by atoms with E-state index in [9.17, 15) is 4.79 Å². The summed E-state index contributed by atoms with van der Waals surface area (Å²) in [6, 6.07) is 0. The second-order valence-corrected chi connectivity index (χ2v) is 3.43. The molecule has 2 aliphatic carbocycles. The molecular weight excluding hydrogens is 136 g/mol. The SMILES string of the molecule is CC(=O)[C@H]1[C@@H]2C=CC=CC[C@@H]21. The summed E-state index contributed by atoms with van der Waals surface area (Å²) >= 11 is 0. The maximum Gasteiger partial charge on any atom is 0.133 e. The van der Waals surface area contributed by atoms with Crippen molar-refractivity contribution in [3.63, 3.8) is 0 Å². The van der Waals surface area contributed by atoms with Gasteiger partial charge in [0.15, 0.2) is 0 Å². The van der Waals surface area contributed by atoms with Gasteiger partial charge in [0.05, 0.1) is 0 Å². The summed E-state index contributed by atoms with van der Waals surface area (Å²) < 4.78 is 0. The number of hydrogen-bond acceptors (Lipinski definition) is 1. The average Bonchev–Trinajstić information content (AvgIpc) is 2.57. The third-order valence-corrected chi connectivity index (χ3v) is 2.69. The van der Waals surface area contributed by atoms with Gasteiger partial charge in [0.2, 0.25) is 0 Å². The Labute approximate surface area is 66.8 Å². The number of rotatable bonds is 1. The maximum atomic E-state index is 11.0. The number of carbonyl (C=O) groups is 1. The lowest BCUT2D eigenvalue weighted by molar-refractivity contribution is -0.118. The maximum absolute atomic E-state index is 11.0. The van der Waals surface area contributed by atoms with E-state index in [0.29, 0.717) is 23.5 Å². The fourth-order valence-corrected chi connectivity index (χ4v) is 2.05.